The standard InChI is InChI=1S/C21H26FN3O3/c1-3-23-21(24-13-18(26)16-6-4-5-7-17(16)22)25(2)14-15-8-9-19-20(12-15)28-11-10-27-19/h4-9,12,18,26H,3,10-11,13-14H2,1-2H3,(H,23,24). The number of nitrogens with one attached hydrogen (secondary N) is 1. The zero-order chi connectivity index (χ0) is 19.9. The summed E-state index contributed by atoms with van der Waals surface area (Å²) in [6.45, 7) is 4.42. The Morgan fingerprint density at radius 1 is 1.21 bits per heavy atom. The number of guanidine groups is 1. The summed E-state index contributed by atoms with van der Waals surface area (Å²) in [5, 5.41) is 13.5. The molecule has 7 heteroatoms. The smallest absolute Gasteiger partial charge is 0.194 e. The summed E-state index contributed by atoms with van der Waals surface area (Å²) >= 11 is 0. The van der Waals surface area contributed by atoms with Gasteiger partial charge in [0, 0.05) is 25.7 Å². The minimum Gasteiger partial charge on any atom is -0.486 e. The van der Waals surface area contributed by atoms with Crippen LogP contribution in [0.25, 0.3) is 0 Å². The Bertz CT molecular complexity index is 828. The minimum atomic E-state index is -1.00. The number of hydrogen-bond acceptors (Lipinski definition) is 4. The van der Waals surface area contributed by atoms with Crippen molar-refractivity contribution in [2.75, 3.05) is 33.4 Å². The summed E-state index contributed by atoms with van der Waals surface area (Å²) in [4.78, 5) is 6.42. The quantitative estimate of drug-likeness (QED) is 0.589. The van der Waals surface area contributed by atoms with Crippen LogP contribution < -0.4 is 14.8 Å². The summed E-state index contributed by atoms with van der Waals surface area (Å²) in [5.74, 6) is 1.70. The van der Waals surface area contributed by atoms with Crippen molar-refractivity contribution in [3.63, 3.8) is 0 Å². The molecule has 6 nitrogen and oxygen atoms in total. The zero-order valence-electron chi connectivity index (χ0n) is 16.2. The van der Waals surface area contributed by atoms with E-state index in [-0.39, 0.29) is 12.1 Å². The Kier molecular flexibility index (Phi) is 6.71. The van der Waals surface area contributed by atoms with Crippen LogP contribution in [0.4, 0.5) is 4.39 Å². The van der Waals surface area contributed by atoms with E-state index in [1.807, 2.05) is 37.1 Å². The predicted octanol–water partition coefficient (Wildman–Crippen LogP) is 2.73. The van der Waals surface area contributed by atoms with Crippen LogP contribution in [0.1, 0.15) is 24.2 Å². The normalized spacial score (nSPS) is 14.5. The molecule has 0 bridgehead atoms. The molecule has 2 N–H and O–H groups in total. The summed E-state index contributed by atoms with van der Waals surface area (Å²) in [6.07, 6.45) is -1.00. The largest absolute Gasteiger partial charge is 0.486 e. The fourth-order valence-corrected chi connectivity index (χ4v) is 3.02. The van der Waals surface area contributed by atoms with Crippen LogP contribution in [-0.2, 0) is 6.54 Å². The van der Waals surface area contributed by atoms with Crippen molar-refractivity contribution in [2.24, 2.45) is 4.99 Å². The number of aliphatic hydroxyl groups is 1. The van der Waals surface area contributed by atoms with Crippen molar-refractivity contribution in [1.82, 2.24) is 10.2 Å². The summed E-state index contributed by atoms with van der Waals surface area (Å²) in [7, 11) is 1.91. The molecule has 0 saturated carbocycles. The number of aliphatic imine (C=N–C) groups is 1. The molecule has 150 valence electrons. The molecule has 0 aliphatic carbocycles. The minimum absolute atomic E-state index is 0.0642. The molecule has 0 fully saturated rings. The second-order valence-corrected chi connectivity index (χ2v) is 6.57. The lowest BCUT2D eigenvalue weighted by Crippen LogP contribution is -2.38. The first-order valence-electron chi connectivity index (χ1n) is 9.39. The topological polar surface area (TPSA) is 66.3 Å². The molecule has 1 unspecified atom stereocenters. The molecule has 0 radical (unpaired) electrons. The van der Waals surface area contributed by atoms with Gasteiger partial charge in [0.05, 0.1) is 6.54 Å². The van der Waals surface area contributed by atoms with Crippen molar-refractivity contribution in [1.29, 1.82) is 0 Å². The van der Waals surface area contributed by atoms with Crippen molar-refractivity contribution in [3.8, 4) is 11.5 Å². The number of ether oxygens (including phenoxy) is 2. The van der Waals surface area contributed by atoms with Gasteiger partial charge < -0.3 is 24.8 Å². The molecular formula is C21H26FN3O3. The van der Waals surface area contributed by atoms with Crippen LogP contribution in [0.15, 0.2) is 47.5 Å². The van der Waals surface area contributed by atoms with Gasteiger partial charge in [-0.15, -0.1) is 0 Å². The first-order chi connectivity index (χ1) is 13.6. The highest BCUT2D eigenvalue weighted by Crippen LogP contribution is 2.31. The molecule has 0 spiro atoms. The highest BCUT2D eigenvalue weighted by Gasteiger charge is 2.15. The number of nitrogens with zero attached hydrogens (tertiary/aromatic N) is 2. The molecule has 0 saturated heterocycles. The predicted molar refractivity (Wildman–Crippen MR) is 106 cm³/mol. The molecule has 1 aliphatic heterocycles. The first kappa shape index (κ1) is 19.9. The van der Waals surface area contributed by atoms with Gasteiger partial charge in [0.25, 0.3) is 0 Å². The number of benzene rings is 2. The molecule has 1 atom stereocenters. The van der Waals surface area contributed by atoms with E-state index < -0.39 is 11.9 Å². The molecule has 1 aliphatic rings. The van der Waals surface area contributed by atoms with E-state index in [1.54, 1.807) is 18.2 Å². The SMILES string of the molecule is CCNC(=NCC(O)c1ccccc1F)N(C)Cc1ccc2c(c1)OCCO2. The van der Waals surface area contributed by atoms with Gasteiger partial charge in [-0.3, -0.25) is 4.99 Å². The van der Waals surface area contributed by atoms with Gasteiger partial charge in [-0.25, -0.2) is 4.39 Å². The summed E-state index contributed by atoms with van der Waals surface area (Å²) in [6, 6.07) is 12.1. The molecular weight excluding hydrogens is 361 g/mol. The van der Waals surface area contributed by atoms with Crippen LogP contribution >= 0.6 is 0 Å². The van der Waals surface area contributed by atoms with Crippen LogP contribution in [0, 0.1) is 5.82 Å². The number of halogens is 1. The van der Waals surface area contributed by atoms with Crippen LogP contribution in [0.5, 0.6) is 11.5 Å². The molecule has 2 aromatic rings. The molecule has 0 aromatic heterocycles. The van der Waals surface area contributed by atoms with E-state index in [9.17, 15) is 9.50 Å². The van der Waals surface area contributed by atoms with Gasteiger partial charge in [-0.05, 0) is 30.7 Å². The molecule has 0 amide bonds. The lowest BCUT2D eigenvalue weighted by Gasteiger charge is -2.24. The molecule has 2 aromatic carbocycles. The second kappa shape index (κ2) is 9.41. The molecule has 3 rings (SSSR count). The Balaban J connectivity index is 1.68. The van der Waals surface area contributed by atoms with Crippen LogP contribution in [0.2, 0.25) is 0 Å². The third-order valence-electron chi connectivity index (χ3n) is 4.40. The number of aliphatic hydroxyl groups excluding tert-OH is 1. The number of hydrogen-bond donors (Lipinski definition) is 2. The van der Waals surface area contributed by atoms with Gasteiger partial charge in [0.1, 0.15) is 25.1 Å². The molecule has 28 heavy (non-hydrogen) atoms. The maximum atomic E-state index is 13.8. The lowest BCUT2D eigenvalue weighted by molar-refractivity contribution is 0.171. The highest BCUT2D eigenvalue weighted by molar-refractivity contribution is 5.79. The van der Waals surface area contributed by atoms with Gasteiger partial charge >= 0.3 is 0 Å². The Morgan fingerprint density at radius 3 is 2.71 bits per heavy atom. The van der Waals surface area contributed by atoms with E-state index in [4.69, 9.17) is 9.47 Å². The average molecular weight is 387 g/mol. The monoisotopic (exact) mass is 387 g/mol. The Morgan fingerprint density at radius 2 is 1.96 bits per heavy atom. The third kappa shape index (κ3) is 4.92. The van der Waals surface area contributed by atoms with Crippen LogP contribution in [0.3, 0.4) is 0 Å². The summed E-state index contributed by atoms with van der Waals surface area (Å²) < 4.78 is 25.0. The Labute approximate surface area is 164 Å². The van der Waals surface area contributed by atoms with E-state index in [0.717, 1.165) is 17.1 Å². The average Bonchev–Trinajstić information content (AvgIpc) is 2.71. The van der Waals surface area contributed by atoms with E-state index in [1.165, 1.54) is 6.07 Å². The third-order valence-corrected chi connectivity index (χ3v) is 4.40. The molecule has 1 heterocycles. The lowest BCUT2D eigenvalue weighted by atomic mass is 10.1. The van der Waals surface area contributed by atoms with Gasteiger partial charge in [-0.2, -0.15) is 0 Å². The summed E-state index contributed by atoms with van der Waals surface area (Å²) in [5.41, 5.74) is 1.29. The van der Waals surface area contributed by atoms with Crippen molar-refractivity contribution in [2.45, 2.75) is 19.6 Å². The van der Waals surface area contributed by atoms with E-state index >= 15 is 0 Å². The van der Waals surface area contributed by atoms with Crippen LogP contribution in [-0.4, -0.2) is 49.3 Å². The second-order valence-electron chi connectivity index (χ2n) is 6.57. The number of fused-ring (bicyclic) bond motifs is 1. The van der Waals surface area contributed by atoms with Crippen molar-refractivity contribution in [3.05, 3.63) is 59.4 Å². The van der Waals surface area contributed by atoms with Gasteiger partial charge in [-0.1, -0.05) is 24.3 Å². The van der Waals surface area contributed by atoms with Gasteiger partial charge in [0.15, 0.2) is 17.5 Å². The highest BCUT2D eigenvalue weighted by atomic mass is 19.1. The maximum absolute atomic E-state index is 13.8. The fraction of sp³-hybridized carbons (Fsp3) is 0.381. The van der Waals surface area contributed by atoms with Crippen molar-refractivity contribution < 1.29 is 19.0 Å². The number of rotatable bonds is 6. The zero-order valence-corrected chi connectivity index (χ0v) is 16.2. The van der Waals surface area contributed by atoms with E-state index in [0.29, 0.717) is 32.3 Å². The van der Waals surface area contributed by atoms with Crippen molar-refractivity contribution >= 4 is 5.96 Å². The maximum Gasteiger partial charge on any atom is 0.194 e. The first-order valence-corrected chi connectivity index (χ1v) is 9.39. The van der Waals surface area contributed by atoms with E-state index in [2.05, 4.69) is 10.3 Å². The fourth-order valence-electron chi connectivity index (χ4n) is 3.02. The van der Waals surface area contributed by atoms with Gasteiger partial charge in [0.2, 0.25) is 0 Å². The Hall–Kier alpha value is -2.80.